The van der Waals surface area contributed by atoms with Gasteiger partial charge in [-0.05, 0) is 25.8 Å². The molecule has 3 heterocycles. The predicted octanol–water partition coefficient (Wildman–Crippen LogP) is 2.48. The van der Waals surface area contributed by atoms with Crippen LogP contribution in [0.5, 0.6) is 0 Å². The van der Waals surface area contributed by atoms with Gasteiger partial charge in [-0.2, -0.15) is 0 Å². The van der Waals surface area contributed by atoms with E-state index in [1.54, 1.807) is 0 Å². The molecule has 0 spiro atoms. The Kier molecular flexibility index (Phi) is 4.92. The van der Waals surface area contributed by atoms with Crippen LogP contribution in [0.2, 0.25) is 0 Å². The fourth-order valence-corrected chi connectivity index (χ4v) is 3.72. The van der Waals surface area contributed by atoms with E-state index in [4.69, 9.17) is 0 Å². The summed E-state index contributed by atoms with van der Waals surface area (Å²) in [5.74, 6) is -3.38. The molecule has 27 heavy (non-hydrogen) atoms. The maximum Gasteiger partial charge on any atom is 0.249 e. The highest BCUT2D eigenvalue weighted by atomic mass is 19.1. The van der Waals surface area contributed by atoms with Gasteiger partial charge in [0.25, 0.3) is 0 Å². The molecule has 8 heteroatoms. The molecular weight excluding hydrogens is 357 g/mol. The van der Waals surface area contributed by atoms with Crippen molar-refractivity contribution in [1.29, 1.82) is 0 Å². The summed E-state index contributed by atoms with van der Waals surface area (Å²) >= 11 is 0. The smallest absolute Gasteiger partial charge is 0.249 e. The van der Waals surface area contributed by atoms with Crippen molar-refractivity contribution in [3.05, 3.63) is 58.7 Å². The zero-order chi connectivity index (χ0) is 19.0. The first kappa shape index (κ1) is 18.1. The summed E-state index contributed by atoms with van der Waals surface area (Å²) in [4.78, 5) is 14.9. The highest BCUT2D eigenvalue weighted by Crippen LogP contribution is 2.27. The van der Waals surface area contributed by atoms with Crippen molar-refractivity contribution < 1.29 is 18.0 Å². The summed E-state index contributed by atoms with van der Waals surface area (Å²) < 4.78 is 40.4. The quantitative estimate of drug-likeness (QED) is 0.877. The maximum absolute atomic E-state index is 13.7. The Morgan fingerprint density at radius 1 is 1.11 bits per heavy atom. The van der Waals surface area contributed by atoms with Crippen molar-refractivity contribution in [3.8, 4) is 0 Å². The van der Waals surface area contributed by atoms with Crippen LogP contribution in [0.1, 0.15) is 24.8 Å². The van der Waals surface area contributed by atoms with Gasteiger partial charge >= 0.3 is 0 Å². The zero-order valence-electron chi connectivity index (χ0n) is 14.9. The third-order valence-electron chi connectivity index (χ3n) is 5.15. The van der Waals surface area contributed by atoms with E-state index >= 15 is 0 Å². The number of nitrogens with one attached hydrogen (secondary N) is 1. The second-order valence-corrected chi connectivity index (χ2v) is 7.06. The van der Waals surface area contributed by atoms with Crippen LogP contribution >= 0.6 is 0 Å². The minimum absolute atomic E-state index is 0.331. The molecule has 2 fully saturated rings. The SMILES string of the molecule is O=C(NCc1c(F)cc(F)cc1F)C1=CN2C(=CC1)CN1CCCCN2C1. The van der Waals surface area contributed by atoms with Gasteiger partial charge in [0.15, 0.2) is 0 Å². The number of hydrazine groups is 1. The molecule has 2 saturated heterocycles. The standard InChI is InChI=1S/C19H21F3N4O/c20-14-7-17(21)16(18(22)8-14)9-23-19(27)13-3-4-15-11-24-5-1-2-6-25(12-24)26(15)10-13/h4,7-8,10H,1-3,5-6,9,11-12H2,(H,23,27). The molecule has 4 rings (SSSR count). The number of hydrogen-bond donors (Lipinski definition) is 1. The molecule has 1 aromatic rings. The minimum atomic E-state index is -1.01. The third kappa shape index (κ3) is 3.72. The number of benzene rings is 1. The third-order valence-corrected chi connectivity index (χ3v) is 5.15. The van der Waals surface area contributed by atoms with Gasteiger partial charge < -0.3 is 5.32 Å². The Morgan fingerprint density at radius 2 is 1.85 bits per heavy atom. The monoisotopic (exact) mass is 378 g/mol. The summed E-state index contributed by atoms with van der Waals surface area (Å²) in [6.07, 6.45) is 6.55. The van der Waals surface area contributed by atoms with E-state index in [1.165, 1.54) is 0 Å². The highest BCUT2D eigenvalue weighted by molar-refractivity contribution is 5.93. The van der Waals surface area contributed by atoms with Crippen molar-refractivity contribution in [2.75, 3.05) is 26.3 Å². The first-order chi connectivity index (χ1) is 13.0. The number of amides is 1. The van der Waals surface area contributed by atoms with Gasteiger partial charge in [0, 0.05) is 54.8 Å². The average molecular weight is 378 g/mol. The second-order valence-electron chi connectivity index (χ2n) is 7.06. The van der Waals surface area contributed by atoms with Gasteiger partial charge in [0.05, 0.1) is 6.67 Å². The summed E-state index contributed by atoms with van der Waals surface area (Å²) in [7, 11) is 0. The summed E-state index contributed by atoms with van der Waals surface area (Å²) in [5.41, 5.74) is 1.33. The van der Waals surface area contributed by atoms with E-state index in [2.05, 4.69) is 15.2 Å². The molecule has 144 valence electrons. The van der Waals surface area contributed by atoms with Crippen LogP contribution in [0.15, 0.2) is 35.7 Å². The summed E-state index contributed by atoms with van der Waals surface area (Å²) in [6, 6.07) is 1.22. The Bertz CT molecular complexity index is 800. The number of halogens is 3. The van der Waals surface area contributed by atoms with Gasteiger partial charge in [0.2, 0.25) is 5.91 Å². The highest BCUT2D eigenvalue weighted by Gasteiger charge is 2.31. The fourth-order valence-electron chi connectivity index (χ4n) is 3.72. The molecule has 1 amide bonds. The summed E-state index contributed by atoms with van der Waals surface area (Å²) in [5, 5.41) is 6.77. The molecule has 2 atom stereocenters. The number of allylic oxidation sites excluding steroid dienone is 1. The largest absolute Gasteiger partial charge is 0.348 e. The first-order valence-electron chi connectivity index (χ1n) is 9.09. The lowest BCUT2D eigenvalue weighted by Gasteiger charge is -2.44. The number of carbonyl (C=O) groups excluding carboxylic acids is 1. The lowest BCUT2D eigenvalue weighted by Crippen LogP contribution is -2.53. The van der Waals surface area contributed by atoms with Crippen LogP contribution in [0.3, 0.4) is 0 Å². The Morgan fingerprint density at radius 3 is 2.63 bits per heavy atom. The number of hydrogen-bond acceptors (Lipinski definition) is 4. The van der Waals surface area contributed by atoms with Gasteiger partial charge in [-0.25, -0.2) is 18.2 Å². The molecule has 3 aliphatic rings. The molecule has 2 bridgehead atoms. The van der Waals surface area contributed by atoms with E-state index in [1.807, 2.05) is 17.3 Å². The van der Waals surface area contributed by atoms with Crippen molar-refractivity contribution in [3.63, 3.8) is 0 Å². The molecule has 1 aromatic carbocycles. The van der Waals surface area contributed by atoms with Crippen molar-refractivity contribution in [2.24, 2.45) is 0 Å². The molecule has 2 unspecified atom stereocenters. The molecule has 0 aliphatic carbocycles. The van der Waals surface area contributed by atoms with Crippen LogP contribution in [-0.4, -0.2) is 47.1 Å². The average Bonchev–Trinajstić information content (AvgIpc) is 2.82. The molecule has 1 N–H and O–H groups in total. The normalized spacial score (nSPS) is 24.5. The van der Waals surface area contributed by atoms with E-state index in [9.17, 15) is 18.0 Å². The Balaban J connectivity index is 1.45. The lowest BCUT2D eigenvalue weighted by molar-refractivity contribution is -0.118. The lowest BCUT2D eigenvalue weighted by atomic mass is 10.1. The zero-order valence-corrected chi connectivity index (χ0v) is 14.9. The number of nitrogens with zero attached hydrogens (tertiary/aromatic N) is 3. The second kappa shape index (κ2) is 7.36. The molecular formula is C19H21F3N4O. The van der Waals surface area contributed by atoms with Gasteiger partial charge in [-0.1, -0.05) is 6.08 Å². The molecule has 0 aromatic heterocycles. The molecule has 0 radical (unpaired) electrons. The number of fused-ring (bicyclic) bond motifs is 4. The van der Waals surface area contributed by atoms with Gasteiger partial charge in [-0.3, -0.25) is 14.7 Å². The predicted molar refractivity (Wildman–Crippen MR) is 93.2 cm³/mol. The maximum atomic E-state index is 13.7. The fraction of sp³-hybridized carbons (Fsp3) is 0.421. The van der Waals surface area contributed by atoms with Crippen molar-refractivity contribution in [1.82, 2.24) is 20.2 Å². The van der Waals surface area contributed by atoms with Crippen LogP contribution in [-0.2, 0) is 11.3 Å². The van der Waals surface area contributed by atoms with Gasteiger partial charge in [-0.15, -0.1) is 0 Å². The van der Waals surface area contributed by atoms with Gasteiger partial charge in [0.1, 0.15) is 17.5 Å². The molecule has 5 nitrogen and oxygen atoms in total. The minimum Gasteiger partial charge on any atom is -0.348 e. The number of rotatable bonds is 3. The number of carbonyl (C=O) groups is 1. The van der Waals surface area contributed by atoms with Crippen molar-refractivity contribution >= 4 is 5.91 Å². The first-order valence-corrected chi connectivity index (χ1v) is 9.09. The van der Waals surface area contributed by atoms with Crippen molar-refractivity contribution in [2.45, 2.75) is 25.8 Å². The molecule has 3 aliphatic heterocycles. The topological polar surface area (TPSA) is 38.8 Å². The van der Waals surface area contributed by atoms with E-state index < -0.39 is 17.5 Å². The van der Waals surface area contributed by atoms with E-state index in [0.29, 0.717) is 24.1 Å². The van der Waals surface area contributed by atoms with Crippen LogP contribution in [0.4, 0.5) is 13.2 Å². The van der Waals surface area contributed by atoms with E-state index in [-0.39, 0.29) is 18.0 Å². The van der Waals surface area contributed by atoms with Crippen LogP contribution < -0.4 is 5.32 Å². The molecule has 0 saturated carbocycles. The Hall–Kier alpha value is -2.32. The van der Waals surface area contributed by atoms with E-state index in [0.717, 1.165) is 44.8 Å². The summed E-state index contributed by atoms with van der Waals surface area (Å²) in [6.45, 7) is 3.35. The Labute approximate surface area is 155 Å². The van der Waals surface area contributed by atoms with Crippen LogP contribution in [0, 0.1) is 17.5 Å². The van der Waals surface area contributed by atoms with Crippen LogP contribution in [0.25, 0.3) is 0 Å².